The van der Waals surface area contributed by atoms with Crippen molar-refractivity contribution in [2.45, 2.75) is 39.7 Å². The van der Waals surface area contributed by atoms with E-state index in [1.807, 2.05) is 38.1 Å². The van der Waals surface area contributed by atoms with Crippen LogP contribution >= 0.6 is 22.9 Å². The molecule has 2 heterocycles. The van der Waals surface area contributed by atoms with Crippen LogP contribution in [-0.4, -0.2) is 20.9 Å². The molecule has 0 aliphatic heterocycles. The lowest BCUT2D eigenvalue weighted by Crippen LogP contribution is -2.33. The summed E-state index contributed by atoms with van der Waals surface area (Å²) >= 11 is 7.39. The summed E-state index contributed by atoms with van der Waals surface area (Å²) in [5.41, 5.74) is 2.25. The fraction of sp³-hybridized carbons (Fsp3) is 0.389. The van der Waals surface area contributed by atoms with Crippen molar-refractivity contribution in [3.05, 3.63) is 45.1 Å². The third-order valence-corrected chi connectivity index (χ3v) is 5.48. The van der Waals surface area contributed by atoms with Crippen molar-refractivity contribution < 1.29 is 4.79 Å². The monoisotopic (exact) mass is 376 g/mol. The highest BCUT2D eigenvalue weighted by Gasteiger charge is 2.26. The van der Waals surface area contributed by atoms with Crippen LogP contribution in [0.1, 0.15) is 60.8 Å². The van der Waals surface area contributed by atoms with E-state index in [-0.39, 0.29) is 23.8 Å². The normalized spacial score (nSPS) is 12.9. The second kappa shape index (κ2) is 7.14. The molecular weight excluding hydrogens is 356 g/mol. The average molecular weight is 377 g/mol. The van der Waals surface area contributed by atoms with Gasteiger partial charge in [0.25, 0.3) is 5.91 Å². The highest BCUT2D eigenvalue weighted by atomic mass is 35.5. The standard InChI is InChI=1S/C18H21ClN4OS/c1-9(2)13(16-20-11-7-5-6-8-12(11)21-16)22-17(24)14-15(10(3)4)25-18(19)23-14/h5-10,13H,1-4H3,(H,20,21)(H,22,24)/t13-/m0/s1. The minimum Gasteiger partial charge on any atom is -0.340 e. The van der Waals surface area contributed by atoms with Gasteiger partial charge in [-0.3, -0.25) is 4.79 Å². The van der Waals surface area contributed by atoms with Gasteiger partial charge >= 0.3 is 0 Å². The second-order valence-electron chi connectivity index (χ2n) is 6.67. The topological polar surface area (TPSA) is 70.7 Å². The van der Waals surface area contributed by atoms with Gasteiger partial charge in [0, 0.05) is 4.88 Å². The van der Waals surface area contributed by atoms with Gasteiger partial charge in [-0.15, -0.1) is 11.3 Å². The van der Waals surface area contributed by atoms with Crippen LogP contribution in [0.3, 0.4) is 0 Å². The lowest BCUT2D eigenvalue weighted by atomic mass is 10.0. The number of fused-ring (bicyclic) bond motifs is 1. The minimum absolute atomic E-state index is 0.168. The van der Waals surface area contributed by atoms with Gasteiger partial charge in [0.05, 0.1) is 17.1 Å². The molecule has 0 unspecified atom stereocenters. The van der Waals surface area contributed by atoms with E-state index in [1.165, 1.54) is 11.3 Å². The van der Waals surface area contributed by atoms with Crippen molar-refractivity contribution in [2.75, 3.05) is 0 Å². The Balaban J connectivity index is 1.91. The number of nitrogens with zero attached hydrogens (tertiary/aromatic N) is 2. The van der Waals surface area contributed by atoms with Gasteiger partial charge in [0.2, 0.25) is 0 Å². The van der Waals surface area contributed by atoms with E-state index in [1.54, 1.807) is 0 Å². The van der Waals surface area contributed by atoms with Gasteiger partial charge in [0.15, 0.2) is 4.47 Å². The Morgan fingerprint density at radius 3 is 2.56 bits per heavy atom. The number of H-pyrrole nitrogens is 1. The zero-order valence-electron chi connectivity index (χ0n) is 14.6. The van der Waals surface area contributed by atoms with Crippen LogP contribution in [0.15, 0.2) is 24.3 Å². The van der Waals surface area contributed by atoms with E-state index in [2.05, 4.69) is 34.1 Å². The molecule has 0 spiro atoms. The summed E-state index contributed by atoms with van der Waals surface area (Å²) in [4.78, 5) is 25.9. The van der Waals surface area contributed by atoms with E-state index in [4.69, 9.17) is 11.6 Å². The maximum atomic E-state index is 12.8. The van der Waals surface area contributed by atoms with Gasteiger partial charge in [0.1, 0.15) is 11.5 Å². The fourth-order valence-corrected chi connectivity index (χ4v) is 3.86. The van der Waals surface area contributed by atoms with Gasteiger partial charge < -0.3 is 10.3 Å². The van der Waals surface area contributed by atoms with Crippen LogP contribution in [0, 0.1) is 5.92 Å². The van der Waals surface area contributed by atoms with Gasteiger partial charge in [-0.05, 0) is 24.0 Å². The molecule has 2 N–H and O–H groups in total. The molecule has 7 heteroatoms. The number of aromatic nitrogens is 3. The third-order valence-electron chi connectivity index (χ3n) is 4.02. The number of benzene rings is 1. The van der Waals surface area contributed by atoms with Crippen molar-refractivity contribution in [2.24, 2.45) is 5.92 Å². The Morgan fingerprint density at radius 1 is 1.20 bits per heavy atom. The molecule has 0 saturated carbocycles. The number of carbonyl (C=O) groups excluding carboxylic acids is 1. The largest absolute Gasteiger partial charge is 0.340 e. The van der Waals surface area contributed by atoms with Crippen LogP contribution in [0.25, 0.3) is 11.0 Å². The van der Waals surface area contributed by atoms with Crippen molar-refractivity contribution in [3.8, 4) is 0 Å². The number of imidazole rings is 1. The molecule has 1 atom stereocenters. The third kappa shape index (κ3) is 3.70. The maximum absolute atomic E-state index is 12.8. The molecule has 1 aromatic carbocycles. The number of aromatic amines is 1. The van der Waals surface area contributed by atoms with Gasteiger partial charge in [-0.1, -0.05) is 51.4 Å². The first kappa shape index (κ1) is 17.9. The van der Waals surface area contributed by atoms with Gasteiger partial charge in [-0.2, -0.15) is 0 Å². The molecule has 25 heavy (non-hydrogen) atoms. The van der Waals surface area contributed by atoms with Crippen molar-refractivity contribution in [1.29, 1.82) is 0 Å². The maximum Gasteiger partial charge on any atom is 0.271 e. The Labute approximate surface area is 155 Å². The summed E-state index contributed by atoms with van der Waals surface area (Å²) in [6.45, 7) is 8.16. The van der Waals surface area contributed by atoms with E-state index in [9.17, 15) is 4.79 Å². The van der Waals surface area contributed by atoms with Crippen molar-refractivity contribution in [1.82, 2.24) is 20.3 Å². The van der Waals surface area contributed by atoms with Crippen LogP contribution in [-0.2, 0) is 0 Å². The summed E-state index contributed by atoms with van der Waals surface area (Å²) in [7, 11) is 0. The number of hydrogen-bond acceptors (Lipinski definition) is 4. The van der Waals surface area contributed by atoms with Crippen LogP contribution < -0.4 is 5.32 Å². The first-order valence-electron chi connectivity index (χ1n) is 8.28. The zero-order chi connectivity index (χ0) is 18.1. The SMILES string of the molecule is CC(C)c1sc(Cl)nc1C(=O)N[C@H](c1nc2ccccc2[nH]1)C(C)C. The molecule has 3 rings (SSSR count). The second-order valence-corrected chi connectivity index (χ2v) is 8.28. The summed E-state index contributed by atoms with van der Waals surface area (Å²) in [6.07, 6.45) is 0. The number of hydrogen-bond donors (Lipinski definition) is 2. The van der Waals surface area contributed by atoms with E-state index in [0.29, 0.717) is 10.2 Å². The number of halogens is 1. The predicted octanol–water partition coefficient (Wildman–Crippen LogP) is 4.92. The van der Waals surface area contributed by atoms with E-state index >= 15 is 0 Å². The number of para-hydroxylation sites is 2. The Kier molecular flexibility index (Phi) is 5.11. The molecule has 2 aromatic heterocycles. The van der Waals surface area contributed by atoms with E-state index < -0.39 is 0 Å². The Morgan fingerprint density at radius 2 is 1.92 bits per heavy atom. The molecule has 0 radical (unpaired) electrons. The molecule has 3 aromatic rings. The highest BCUT2D eigenvalue weighted by Crippen LogP contribution is 2.30. The summed E-state index contributed by atoms with van der Waals surface area (Å²) in [6, 6.07) is 7.59. The van der Waals surface area contributed by atoms with Crippen LogP contribution in [0.2, 0.25) is 4.47 Å². The number of carbonyl (C=O) groups is 1. The zero-order valence-corrected chi connectivity index (χ0v) is 16.2. The minimum atomic E-state index is -0.236. The summed E-state index contributed by atoms with van der Waals surface area (Å²) in [5.74, 6) is 0.888. The Bertz CT molecular complexity index is 867. The number of thiazole rings is 1. The van der Waals surface area contributed by atoms with Crippen molar-refractivity contribution >= 4 is 39.9 Å². The molecule has 132 valence electrons. The molecule has 0 fully saturated rings. The molecule has 0 aliphatic rings. The quantitative estimate of drug-likeness (QED) is 0.663. The van der Waals surface area contributed by atoms with Gasteiger partial charge in [-0.25, -0.2) is 9.97 Å². The first-order chi connectivity index (χ1) is 11.9. The van der Waals surface area contributed by atoms with E-state index in [0.717, 1.165) is 21.7 Å². The molecule has 0 bridgehead atoms. The molecule has 0 saturated heterocycles. The highest BCUT2D eigenvalue weighted by molar-refractivity contribution is 7.16. The molecule has 1 amide bonds. The average Bonchev–Trinajstić information content (AvgIpc) is 3.15. The molecular formula is C18H21ClN4OS. The summed E-state index contributed by atoms with van der Waals surface area (Å²) in [5, 5.41) is 3.07. The molecule has 0 aliphatic carbocycles. The fourth-order valence-electron chi connectivity index (χ4n) is 2.74. The van der Waals surface area contributed by atoms with Crippen LogP contribution in [0.4, 0.5) is 0 Å². The molecule has 5 nitrogen and oxygen atoms in total. The summed E-state index contributed by atoms with van der Waals surface area (Å²) < 4.78 is 0.388. The van der Waals surface area contributed by atoms with Crippen LogP contribution in [0.5, 0.6) is 0 Å². The number of amides is 1. The smallest absolute Gasteiger partial charge is 0.271 e. The predicted molar refractivity (Wildman–Crippen MR) is 102 cm³/mol. The number of rotatable bonds is 5. The lowest BCUT2D eigenvalue weighted by molar-refractivity contribution is 0.0917. The Hall–Kier alpha value is -1.92. The number of nitrogens with one attached hydrogen (secondary N) is 2. The van der Waals surface area contributed by atoms with Crippen molar-refractivity contribution in [3.63, 3.8) is 0 Å². The first-order valence-corrected chi connectivity index (χ1v) is 9.48. The lowest BCUT2D eigenvalue weighted by Gasteiger charge is -2.20.